The van der Waals surface area contributed by atoms with Crippen LogP contribution in [-0.4, -0.2) is 47.9 Å². The molecule has 0 fully saturated rings. The number of amidine groups is 1. The maximum absolute atomic E-state index is 4.70. The Bertz CT molecular complexity index is 537. The largest absolute Gasteiger partial charge is 0.353 e. The molecular formula is C14H20N4S. The molecule has 4 nitrogen and oxygen atoms in total. The molecule has 19 heavy (non-hydrogen) atoms. The van der Waals surface area contributed by atoms with E-state index in [4.69, 9.17) is 4.98 Å². The van der Waals surface area contributed by atoms with Crippen LogP contribution in [0.5, 0.6) is 0 Å². The second-order valence-electron chi connectivity index (χ2n) is 4.43. The third-order valence-electron chi connectivity index (χ3n) is 2.84. The minimum Gasteiger partial charge on any atom is -0.353 e. The zero-order valence-electron chi connectivity index (χ0n) is 11.9. The highest BCUT2D eigenvalue weighted by atomic mass is 32.1. The van der Waals surface area contributed by atoms with Crippen molar-refractivity contribution in [2.24, 2.45) is 5.10 Å². The van der Waals surface area contributed by atoms with Crippen molar-refractivity contribution in [3.05, 3.63) is 29.3 Å². The van der Waals surface area contributed by atoms with Crippen LogP contribution < -0.4 is 0 Å². The fraction of sp³-hybridized carbons (Fsp3) is 0.429. The summed E-state index contributed by atoms with van der Waals surface area (Å²) in [4.78, 5) is 6.94. The molecule has 0 aliphatic carbocycles. The number of para-hydroxylation sites is 1. The first-order valence-electron chi connectivity index (χ1n) is 6.52. The monoisotopic (exact) mass is 276 g/mol. The molecular weight excluding hydrogens is 256 g/mol. The van der Waals surface area contributed by atoms with Gasteiger partial charge in [0.25, 0.3) is 0 Å². The first-order valence-corrected chi connectivity index (χ1v) is 7.34. The molecule has 102 valence electrons. The lowest BCUT2D eigenvalue weighted by Gasteiger charge is -2.22. The number of benzene rings is 1. The predicted molar refractivity (Wildman–Crippen MR) is 82.8 cm³/mol. The van der Waals surface area contributed by atoms with Gasteiger partial charge in [-0.1, -0.05) is 12.1 Å². The van der Waals surface area contributed by atoms with Gasteiger partial charge in [0.05, 0.1) is 10.2 Å². The molecule has 0 aliphatic heterocycles. The first-order chi connectivity index (χ1) is 9.15. The van der Waals surface area contributed by atoms with Gasteiger partial charge in [-0.3, -0.25) is 0 Å². The van der Waals surface area contributed by atoms with Crippen LogP contribution in [0.1, 0.15) is 18.9 Å². The molecule has 1 aromatic heterocycles. The van der Waals surface area contributed by atoms with E-state index in [9.17, 15) is 0 Å². The van der Waals surface area contributed by atoms with Crippen LogP contribution in [0, 0.1) is 0 Å². The molecule has 0 bridgehead atoms. The van der Waals surface area contributed by atoms with Crippen molar-refractivity contribution in [1.82, 2.24) is 14.9 Å². The Labute approximate surface area is 118 Å². The summed E-state index contributed by atoms with van der Waals surface area (Å²) in [5.41, 5.74) is 1.04. The molecule has 1 aromatic carbocycles. The zero-order chi connectivity index (χ0) is 13.8. The van der Waals surface area contributed by atoms with E-state index < -0.39 is 0 Å². The van der Waals surface area contributed by atoms with Gasteiger partial charge in [-0.25, -0.2) is 4.98 Å². The summed E-state index contributed by atoms with van der Waals surface area (Å²) in [5, 5.41) is 7.43. The zero-order valence-corrected chi connectivity index (χ0v) is 12.7. The van der Waals surface area contributed by atoms with Crippen molar-refractivity contribution < 1.29 is 0 Å². The molecule has 0 saturated carbocycles. The topological polar surface area (TPSA) is 31.7 Å². The Kier molecular flexibility index (Phi) is 4.37. The van der Waals surface area contributed by atoms with Gasteiger partial charge in [0.1, 0.15) is 0 Å². The van der Waals surface area contributed by atoms with E-state index in [1.165, 1.54) is 4.70 Å². The maximum Gasteiger partial charge on any atom is 0.185 e. The van der Waals surface area contributed by atoms with Crippen LogP contribution in [-0.2, 0) is 0 Å². The molecule has 2 rings (SSSR count). The molecule has 0 spiro atoms. The lowest BCUT2D eigenvalue weighted by atomic mass is 10.3. The van der Waals surface area contributed by atoms with E-state index in [0.29, 0.717) is 0 Å². The summed E-state index contributed by atoms with van der Waals surface area (Å²) >= 11 is 1.70. The van der Waals surface area contributed by atoms with Gasteiger partial charge in [-0.05, 0) is 26.0 Å². The molecule has 2 aromatic rings. The van der Waals surface area contributed by atoms with Gasteiger partial charge >= 0.3 is 0 Å². The smallest absolute Gasteiger partial charge is 0.185 e. The molecule has 1 heterocycles. The molecule has 0 atom stereocenters. The molecule has 5 heteroatoms. The number of hydrogen-bond donors (Lipinski definition) is 0. The number of nitrogens with zero attached hydrogens (tertiary/aromatic N) is 4. The van der Waals surface area contributed by atoms with E-state index in [1.54, 1.807) is 11.3 Å². The van der Waals surface area contributed by atoms with E-state index in [2.05, 4.69) is 29.9 Å². The van der Waals surface area contributed by atoms with Crippen LogP contribution in [0.2, 0.25) is 0 Å². The van der Waals surface area contributed by atoms with Gasteiger partial charge in [0, 0.05) is 27.2 Å². The minimum atomic E-state index is 0.930. The standard InChI is InChI=1S/C14H20N4S/c1-5-18(6-2)13(16-17(3)4)14-15-11-9-7-8-10-12(11)19-14/h7-10H,5-6H2,1-4H3/b16-13+. The normalized spacial score (nSPS) is 11.9. The van der Waals surface area contributed by atoms with Crippen LogP contribution in [0.25, 0.3) is 10.2 Å². The van der Waals surface area contributed by atoms with Gasteiger partial charge in [-0.2, -0.15) is 5.10 Å². The number of fused-ring (bicyclic) bond motifs is 1. The molecule has 0 N–H and O–H groups in total. The van der Waals surface area contributed by atoms with Crippen molar-refractivity contribution in [1.29, 1.82) is 0 Å². The number of hydrogen-bond acceptors (Lipinski definition) is 4. The fourth-order valence-electron chi connectivity index (χ4n) is 1.92. The molecule has 0 unspecified atom stereocenters. The third-order valence-corrected chi connectivity index (χ3v) is 3.88. The number of rotatable bonds is 4. The Morgan fingerprint density at radius 3 is 2.47 bits per heavy atom. The first kappa shape index (κ1) is 13.8. The molecule has 0 aliphatic rings. The molecule has 0 amide bonds. The maximum atomic E-state index is 4.70. The average Bonchev–Trinajstić information content (AvgIpc) is 2.82. The highest BCUT2D eigenvalue weighted by Crippen LogP contribution is 2.23. The van der Waals surface area contributed by atoms with Gasteiger partial charge < -0.3 is 9.91 Å². The molecule has 0 radical (unpaired) electrons. The Morgan fingerprint density at radius 2 is 1.89 bits per heavy atom. The highest BCUT2D eigenvalue weighted by molar-refractivity contribution is 7.20. The average molecular weight is 276 g/mol. The quantitative estimate of drug-likeness (QED) is 0.489. The summed E-state index contributed by atoms with van der Waals surface area (Å²) in [6, 6.07) is 8.22. The summed E-state index contributed by atoms with van der Waals surface area (Å²) in [6.45, 7) is 6.14. The van der Waals surface area contributed by atoms with E-state index in [1.807, 2.05) is 37.3 Å². The van der Waals surface area contributed by atoms with Gasteiger partial charge in [-0.15, -0.1) is 11.3 Å². The summed E-state index contributed by atoms with van der Waals surface area (Å²) in [6.07, 6.45) is 0. The SMILES string of the molecule is CCN(CC)/C(=N/N(C)C)c1nc2ccccc2s1. The predicted octanol–water partition coefficient (Wildman–Crippen LogP) is 2.86. The minimum absolute atomic E-state index is 0.930. The van der Waals surface area contributed by atoms with Gasteiger partial charge in [0.15, 0.2) is 10.8 Å². The second-order valence-corrected chi connectivity index (χ2v) is 5.46. The van der Waals surface area contributed by atoms with Crippen molar-refractivity contribution in [2.45, 2.75) is 13.8 Å². The third kappa shape index (κ3) is 3.04. The van der Waals surface area contributed by atoms with Crippen LogP contribution in [0.3, 0.4) is 0 Å². The number of thiazole rings is 1. The van der Waals surface area contributed by atoms with Crippen molar-refractivity contribution >= 4 is 27.4 Å². The number of hydrazone groups is 1. The lowest BCUT2D eigenvalue weighted by Crippen LogP contribution is -2.32. The van der Waals surface area contributed by atoms with Crippen molar-refractivity contribution in [2.75, 3.05) is 27.2 Å². The van der Waals surface area contributed by atoms with Crippen LogP contribution >= 0.6 is 11.3 Å². The van der Waals surface area contributed by atoms with Crippen molar-refractivity contribution in [3.8, 4) is 0 Å². The second kappa shape index (κ2) is 6.02. The summed E-state index contributed by atoms with van der Waals surface area (Å²) in [7, 11) is 3.88. The lowest BCUT2D eigenvalue weighted by molar-refractivity contribution is 0.402. The Morgan fingerprint density at radius 1 is 1.21 bits per heavy atom. The highest BCUT2D eigenvalue weighted by Gasteiger charge is 2.16. The number of aromatic nitrogens is 1. The summed E-state index contributed by atoms with van der Waals surface area (Å²) < 4.78 is 1.20. The van der Waals surface area contributed by atoms with E-state index in [0.717, 1.165) is 29.4 Å². The Hall–Kier alpha value is -1.62. The van der Waals surface area contributed by atoms with Crippen molar-refractivity contribution in [3.63, 3.8) is 0 Å². The summed E-state index contributed by atoms with van der Waals surface area (Å²) in [5.74, 6) is 0.955. The van der Waals surface area contributed by atoms with Crippen LogP contribution in [0.4, 0.5) is 0 Å². The fourth-order valence-corrected chi connectivity index (χ4v) is 2.90. The van der Waals surface area contributed by atoms with E-state index >= 15 is 0 Å². The molecule has 0 saturated heterocycles. The van der Waals surface area contributed by atoms with E-state index in [-0.39, 0.29) is 0 Å². The van der Waals surface area contributed by atoms with Gasteiger partial charge in [0.2, 0.25) is 0 Å². The van der Waals surface area contributed by atoms with Crippen LogP contribution in [0.15, 0.2) is 29.4 Å². The Balaban J connectivity index is 2.48.